The fourth-order valence-corrected chi connectivity index (χ4v) is 1.78. The van der Waals surface area contributed by atoms with Crippen LogP contribution in [0, 0.1) is 0 Å². The van der Waals surface area contributed by atoms with Crippen LogP contribution in [0.2, 0.25) is 5.02 Å². The molecule has 0 spiro atoms. The molecule has 1 aromatic carbocycles. The number of allylic oxidation sites excluding steroid dienone is 1. The highest BCUT2D eigenvalue weighted by molar-refractivity contribution is 9.10. The SMILES string of the molecule is C=C(C)CCC(=O)c1cccc(Br)c1Cl. The summed E-state index contributed by atoms with van der Waals surface area (Å²) in [4.78, 5) is 11.8. The molecule has 0 N–H and O–H groups in total. The second kappa shape index (κ2) is 5.47. The lowest BCUT2D eigenvalue weighted by molar-refractivity contribution is 0.0983. The molecule has 0 heterocycles. The Morgan fingerprint density at radius 3 is 2.73 bits per heavy atom. The van der Waals surface area contributed by atoms with Gasteiger partial charge in [0.05, 0.1) is 5.02 Å². The van der Waals surface area contributed by atoms with E-state index < -0.39 is 0 Å². The van der Waals surface area contributed by atoms with E-state index in [0.29, 0.717) is 23.4 Å². The number of hydrogen-bond acceptors (Lipinski definition) is 1. The molecule has 1 nitrogen and oxygen atoms in total. The maximum Gasteiger partial charge on any atom is 0.164 e. The van der Waals surface area contributed by atoms with Crippen LogP contribution in [0.5, 0.6) is 0 Å². The van der Waals surface area contributed by atoms with Gasteiger partial charge < -0.3 is 0 Å². The van der Waals surface area contributed by atoms with Crippen LogP contribution >= 0.6 is 27.5 Å². The van der Waals surface area contributed by atoms with E-state index in [-0.39, 0.29) is 5.78 Å². The molecule has 1 aromatic rings. The van der Waals surface area contributed by atoms with Gasteiger partial charge in [0.2, 0.25) is 0 Å². The highest BCUT2D eigenvalue weighted by Crippen LogP contribution is 2.27. The molecule has 0 unspecified atom stereocenters. The van der Waals surface area contributed by atoms with Gasteiger partial charge in [-0.25, -0.2) is 0 Å². The molecular formula is C12H12BrClO. The summed E-state index contributed by atoms with van der Waals surface area (Å²) >= 11 is 9.31. The van der Waals surface area contributed by atoms with Gasteiger partial charge in [-0.05, 0) is 41.4 Å². The standard InChI is InChI=1S/C12H12BrClO/c1-8(2)6-7-11(15)9-4-3-5-10(13)12(9)14/h3-5H,1,6-7H2,2H3. The predicted octanol–water partition coefficient (Wildman–Crippen LogP) is 4.64. The van der Waals surface area contributed by atoms with Gasteiger partial charge in [-0.1, -0.05) is 23.2 Å². The van der Waals surface area contributed by atoms with Gasteiger partial charge in [0, 0.05) is 16.5 Å². The maximum absolute atomic E-state index is 11.8. The number of halogens is 2. The lowest BCUT2D eigenvalue weighted by Crippen LogP contribution is -2.00. The Bertz CT molecular complexity index is 399. The van der Waals surface area contributed by atoms with Crippen LogP contribution in [0.1, 0.15) is 30.1 Å². The molecule has 1 rings (SSSR count). The Hall–Kier alpha value is -0.600. The van der Waals surface area contributed by atoms with Crippen molar-refractivity contribution in [1.29, 1.82) is 0 Å². The fraction of sp³-hybridized carbons (Fsp3) is 0.250. The summed E-state index contributed by atoms with van der Waals surface area (Å²) in [6.07, 6.45) is 1.17. The van der Waals surface area contributed by atoms with Gasteiger partial charge >= 0.3 is 0 Å². The summed E-state index contributed by atoms with van der Waals surface area (Å²) in [6, 6.07) is 5.37. The third-order valence-electron chi connectivity index (χ3n) is 2.03. The van der Waals surface area contributed by atoms with E-state index >= 15 is 0 Å². The Morgan fingerprint density at radius 2 is 2.13 bits per heavy atom. The topological polar surface area (TPSA) is 17.1 Å². The zero-order valence-electron chi connectivity index (χ0n) is 8.52. The lowest BCUT2D eigenvalue weighted by Gasteiger charge is -2.04. The Labute approximate surface area is 103 Å². The Kier molecular flexibility index (Phi) is 4.55. The van der Waals surface area contributed by atoms with Gasteiger partial charge in [0.15, 0.2) is 5.78 Å². The fourth-order valence-electron chi connectivity index (χ4n) is 1.18. The van der Waals surface area contributed by atoms with Crippen molar-refractivity contribution in [2.24, 2.45) is 0 Å². The second-order valence-electron chi connectivity index (χ2n) is 3.48. The number of Topliss-reactive ketones (excluding diaryl/α,β-unsaturated/α-hetero) is 1. The van der Waals surface area contributed by atoms with Crippen molar-refractivity contribution in [3.05, 3.63) is 45.4 Å². The number of carbonyl (C=O) groups excluding carboxylic acids is 1. The molecule has 0 aliphatic heterocycles. The van der Waals surface area contributed by atoms with Gasteiger partial charge in [-0.15, -0.1) is 6.58 Å². The molecule has 0 aromatic heterocycles. The van der Waals surface area contributed by atoms with Crippen molar-refractivity contribution in [3.63, 3.8) is 0 Å². The minimum Gasteiger partial charge on any atom is -0.294 e. The zero-order valence-corrected chi connectivity index (χ0v) is 10.9. The molecule has 0 radical (unpaired) electrons. The second-order valence-corrected chi connectivity index (χ2v) is 4.71. The molecule has 0 bridgehead atoms. The van der Waals surface area contributed by atoms with E-state index in [1.807, 2.05) is 19.1 Å². The summed E-state index contributed by atoms with van der Waals surface area (Å²) in [5, 5.41) is 0.490. The molecule has 0 fully saturated rings. The van der Waals surface area contributed by atoms with Crippen LogP contribution in [0.3, 0.4) is 0 Å². The molecule has 0 aliphatic rings. The van der Waals surface area contributed by atoms with Crippen LogP contribution in [-0.2, 0) is 0 Å². The third kappa shape index (κ3) is 3.47. The molecule has 0 saturated carbocycles. The van der Waals surface area contributed by atoms with Crippen LogP contribution < -0.4 is 0 Å². The zero-order chi connectivity index (χ0) is 11.4. The molecule has 0 aliphatic carbocycles. The van der Waals surface area contributed by atoms with Gasteiger partial charge in [0.1, 0.15) is 0 Å². The van der Waals surface area contributed by atoms with Crippen molar-refractivity contribution in [3.8, 4) is 0 Å². The van der Waals surface area contributed by atoms with Crippen LogP contribution in [0.25, 0.3) is 0 Å². The van der Waals surface area contributed by atoms with E-state index in [4.69, 9.17) is 11.6 Å². The predicted molar refractivity (Wildman–Crippen MR) is 67.5 cm³/mol. The number of benzene rings is 1. The summed E-state index contributed by atoms with van der Waals surface area (Å²) in [6.45, 7) is 5.68. The van der Waals surface area contributed by atoms with E-state index in [1.165, 1.54) is 0 Å². The number of hydrogen-bond donors (Lipinski definition) is 0. The average Bonchev–Trinajstić information content (AvgIpc) is 2.18. The van der Waals surface area contributed by atoms with Crippen molar-refractivity contribution < 1.29 is 4.79 Å². The first-order chi connectivity index (χ1) is 7.02. The average molecular weight is 288 g/mol. The van der Waals surface area contributed by atoms with Crippen LogP contribution in [0.15, 0.2) is 34.8 Å². The minimum atomic E-state index is 0.0595. The van der Waals surface area contributed by atoms with Crippen molar-refractivity contribution in [1.82, 2.24) is 0 Å². The van der Waals surface area contributed by atoms with E-state index in [1.54, 1.807) is 6.07 Å². The molecule has 0 amide bonds. The first-order valence-electron chi connectivity index (χ1n) is 4.64. The largest absolute Gasteiger partial charge is 0.294 e. The minimum absolute atomic E-state index is 0.0595. The molecule has 0 atom stereocenters. The third-order valence-corrected chi connectivity index (χ3v) is 3.33. The Balaban J connectivity index is 2.82. The normalized spacial score (nSPS) is 10.1. The molecule has 3 heteroatoms. The molecule has 80 valence electrons. The quantitative estimate of drug-likeness (QED) is 0.582. The number of rotatable bonds is 4. The Morgan fingerprint density at radius 1 is 1.47 bits per heavy atom. The monoisotopic (exact) mass is 286 g/mol. The van der Waals surface area contributed by atoms with Crippen LogP contribution in [-0.4, -0.2) is 5.78 Å². The van der Waals surface area contributed by atoms with Crippen LogP contribution in [0.4, 0.5) is 0 Å². The van der Waals surface area contributed by atoms with Crippen molar-refractivity contribution in [2.75, 3.05) is 0 Å². The van der Waals surface area contributed by atoms with E-state index in [0.717, 1.165) is 10.0 Å². The molecule has 15 heavy (non-hydrogen) atoms. The van der Waals surface area contributed by atoms with Gasteiger partial charge in [-0.3, -0.25) is 4.79 Å². The van der Waals surface area contributed by atoms with Crippen molar-refractivity contribution in [2.45, 2.75) is 19.8 Å². The summed E-state index contributed by atoms with van der Waals surface area (Å²) in [7, 11) is 0. The molecule has 0 saturated heterocycles. The summed E-state index contributed by atoms with van der Waals surface area (Å²) in [5.74, 6) is 0.0595. The maximum atomic E-state index is 11.8. The van der Waals surface area contributed by atoms with Gasteiger partial charge in [0.25, 0.3) is 0 Å². The highest BCUT2D eigenvalue weighted by Gasteiger charge is 2.11. The first kappa shape index (κ1) is 12.5. The molecular weight excluding hydrogens is 275 g/mol. The van der Waals surface area contributed by atoms with E-state index in [2.05, 4.69) is 22.5 Å². The van der Waals surface area contributed by atoms with Crippen molar-refractivity contribution >= 4 is 33.3 Å². The lowest BCUT2D eigenvalue weighted by atomic mass is 10.0. The van der Waals surface area contributed by atoms with Gasteiger partial charge in [-0.2, -0.15) is 0 Å². The first-order valence-corrected chi connectivity index (χ1v) is 5.81. The summed E-state index contributed by atoms with van der Waals surface area (Å²) < 4.78 is 0.755. The number of ketones is 1. The highest BCUT2D eigenvalue weighted by atomic mass is 79.9. The smallest absolute Gasteiger partial charge is 0.164 e. The summed E-state index contributed by atoms with van der Waals surface area (Å²) in [5.41, 5.74) is 1.58. The van der Waals surface area contributed by atoms with E-state index in [9.17, 15) is 4.79 Å². The number of carbonyl (C=O) groups is 1.